The molecule has 1 fully saturated rings. The van der Waals surface area contributed by atoms with Crippen LogP contribution in [0, 0.1) is 6.92 Å². The largest absolute Gasteiger partial charge is 0.444 e. The molecule has 2 rings (SSSR count). The van der Waals surface area contributed by atoms with Gasteiger partial charge in [-0.25, -0.2) is 9.11 Å². The van der Waals surface area contributed by atoms with Gasteiger partial charge in [-0.1, -0.05) is 0 Å². The number of aromatic amines is 1. The summed E-state index contributed by atoms with van der Waals surface area (Å²) >= 11 is 0. The minimum Gasteiger partial charge on any atom is -0.352 e. The first-order valence-electron chi connectivity index (χ1n) is 7.95. The molecule has 0 aromatic carbocycles. The monoisotopic (exact) mass is 494 g/mol. The highest BCUT2D eigenvalue weighted by Gasteiger charge is 2.66. The van der Waals surface area contributed by atoms with Crippen molar-refractivity contribution in [2.75, 3.05) is 6.61 Å². The maximum absolute atomic E-state index is 13.4. The van der Waals surface area contributed by atoms with E-state index in [0.717, 1.165) is 4.57 Å². The van der Waals surface area contributed by atoms with E-state index in [-0.39, 0.29) is 18.4 Å². The van der Waals surface area contributed by atoms with Crippen LogP contribution < -0.4 is 11.2 Å². The van der Waals surface area contributed by atoms with Gasteiger partial charge in [0.25, 0.3) is 13.0 Å². The van der Waals surface area contributed by atoms with Gasteiger partial charge >= 0.3 is 26.3 Å². The molecule has 168 valence electrons. The molecule has 4 N–H and O–H groups in total. The molecule has 0 bridgehead atoms. The normalized spacial score (nSPS) is 24.3. The second-order valence-electron chi connectivity index (χ2n) is 6.26. The SMILES string of the molecule is [B]P(=O)(OC[C@@H]1CC[C@H](n2cc(C)c(=O)[nH]c2=O)O1)OP(=O)(O)C(F)(F)P(=O)(O)O. The van der Waals surface area contributed by atoms with Crippen molar-refractivity contribution in [1.82, 2.24) is 9.55 Å². The summed E-state index contributed by atoms with van der Waals surface area (Å²) in [6.45, 7) is 0.760. The van der Waals surface area contributed by atoms with Gasteiger partial charge in [0.1, 0.15) is 6.23 Å². The summed E-state index contributed by atoms with van der Waals surface area (Å²) in [5, 5.41) is -5.57. The zero-order valence-corrected chi connectivity index (χ0v) is 17.8. The predicted octanol–water partition coefficient (Wildman–Crippen LogP) is 0.746. The smallest absolute Gasteiger partial charge is 0.352 e. The maximum atomic E-state index is 13.4. The van der Waals surface area contributed by atoms with Gasteiger partial charge in [0.2, 0.25) is 7.57 Å². The molecule has 0 saturated carbocycles. The van der Waals surface area contributed by atoms with E-state index in [1.807, 2.05) is 0 Å². The van der Waals surface area contributed by atoms with E-state index in [2.05, 4.69) is 13.8 Å². The number of ether oxygens (including phenoxy) is 1. The Morgan fingerprint density at radius 3 is 2.47 bits per heavy atom. The summed E-state index contributed by atoms with van der Waals surface area (Å²) in [4.78, 5) is 51.4. The van der Waals surface area contributed by atoms with Crippen molar-refractivity contribution in [3.63, 3.8) is 0 Å². The van der Waals surface area contributed by atoms with Crippen molar-refractivity contribution >= 4 is 30.2 Å². The first-order valence-corrected chi connectivity index (χ1v) is 12.8. The van der Waals surface area contributed by atoms with E-state index in [0.29, 0.717) is 0 Å². The van der Waals surface area contributed by atoms with Crippen LogP contribution in [-0.4, -0.2) is 49.9 Å². The fraction of sp³-hybridized carbons (Fsp3) is 0.636. The maximum Gasteiger partial charge on any atom is 0.444 e. The fourth-order valence-electron chi connectivity index (χ4n) is 2.39. The van der Waals surface area contributed by atoms with Gasteiger partial charge in [-0.15, -0.1) is 0 Å². The van der Waals surface area contributed by atoms with Crippen LogP contribution in [0.3, 0.4) is 0 Å². The number of hydrogen-bond donors (Lipinski definition) is 4. The highest BCUT2D eigenvalue weighted by Crippen LogP contribution is 2.77. The Balaban J connectivity index is 2.02. The van der Waals surface area contributed by atoms with E-state index in [9.17, 15) is 32.1 Å². The summed E-state index contributed by atoms with van der Waals surface area (Å²) in [5.41, 5.74) is -1.12. The molecule has 0 spiro atoms. The average molecular weight is 494 g/mol. The molecule has 0 amide bonds. The van der Waals surface area contributed by atoms with Gasteiger partial charge in [0.05, 0.1) is 12.7 Å². The van der Waals surface area contributed by atoms with E-state index in [1.54, 1.807) is 0 Å². The zero-order valence-electron chi connectivity index (χ0n) is 15.1. The molecule has 19 heteroatoms. The molecule has 1 saturated heterocycles. The molecule has 30 heavy (non-hydrogen) atoms. The van der Waals surface area contributed by atoms with E-state index >= 15 is 0 Å². The standard InChI is InChI=1S/C11H16BF2N2O11P3/c1-6-4-16(10(18)15-9(6)17)8-3-2-7(26-8)5-25-30(12,24)27-29(22,23)11(13,14)28(19,20)21/h4,7-8H,2-3,5H2,1H3,(H,22,23)(H,15,17,18)(H2,19,20,21)/t7-,8+,30?/m0/s1. The van der Waals surface area contributed by atoms with E-state index < -0.39 is 58.3 Å². The summed E-state index contributed by atoms with van der Waals surface area (Å²) in [5.74, 6) is 0. The predicted molar refractivity (Wildman–Crippen MR) is 96.4 cm³/mol. The minimum atomic E-state index is -6.51. The second-order valence-corrected chi connectivity index (χ2v) is 11.9. The van der Waals surface area contributed by atoms with Gasteiger partial charge in [-0.05, 0) is 19.8 Å². The number of aromatic nitrogens is 2. The highest BCUT2D eigenvalue weighted by atomic mass is 31.3. The van der Waals surface area contributed by atoms with Crippen LogP contribution in [0.1, 0.15) is 24.6 Å². The van der Waals surface area contributed by atoms with Gasteiger partial charge < -0.3 is 23.9 Å². The quantitative estimate of drug-likeness (QED) is 0.294. The summed E-state index contributed by atoms with van der Waals surface area (Å²) in [6, 6.07) is 0. The Hall–Kier alpha value is -0.945. The molecule has 2 unspecified atom stereocenters. The number of nitrogens with one attached hydrogen (secondary N) is 1. The van der Waals surface area contributed by atoms with Gasteiger partial charge in [0, 0.05) is 11.8 Å². The van der Waals surface area contributed by atoms with Gasteiger partial charge in [0.15, 0.2) is 0 Å². The molecule has 0 aliphatic carbocycles. The molecule has 1 aromatic heterocycles. The molecule has 2 radical (unpaired) electrons. The van der Waals surface area contributed by atoms with Crippen LogP contribution >= 0.6 is 22.7 Å². The van der Waals surface area contributed by atoms with Crippen LogP contribution in [0.4, 0.5) is 8.78 Å². The topological polar surface area (TPSA) is 194 Å². The number of aryl methyl sites for hydroxylation is 1. The lowest BCUT2D eigenvalue weighted by atomic mass is 10.2. The third kappa shape index (κ3) is 5.45. The van der Waals surface area contributed by atoms with Crippen molar-refractivity contribution in [3.05, 3.63) is 32.6 Å². The summed E-state index contributed by atoms with van der Waals surface area (Å²) < 4.78 is 75.6. The lowest BCUT2D eigenvalue weighted by Crippen LogP contribution is -2.33. The third-order valence-corrected chi connectivity index (χ3v) is 9.12. The molecule has 1 aromatic rings. The van der Waals surface area contributed by atoms with Crippen LogP contribution in [0.5, 0.6) is 0 Å². The van der Waals surface area contributed by atoms with Crippen molar-refractivity contribution in [2.24, 2.45) is 0 Å². The minimum absolute atomic E-state index is 0.185. The van der Waals surface area contributed by atoms with Crippen LogP contribution in [0.2, 0.25) is 0 Å². The van der Waals surface area contributed by atoms with Crippen molar-refractivity contribution in [2.45, 2.75) is 37.5 Å². The number of H-pyrrole nitrogens is 1. The van der Waals surface area contributed by atoms with E-state index in [1.165, 1.54) is 13.1 Å². The average Bonchev–Trinajstić information content (AvgIpc) is 3.03. The molecule has 1 aliphatic rings. The second kappa shape index (κ2) is 8.53. The highest BCUT2D eigenvalue weighted by molar-refractivity contribution is 7.86. The Labute approximate surface area is 168 Å². The number of halogens is 2. The molecular weight excluding hydrogens is 478 g/mol. The van der Waals surface area contributed by atoms with E-state index in [4.69, 9.17) is 27.0 Å². The van der Waals surface area contributed by atoms with Crippen LogP contribution in [-0.2, 0) is 27.3 Å². The van der Waals surface area contributed by atoms with Crippen molar-refractivity contribution in [1.29, 1.82) is 0 Å². The Kier molecular flexibility index (Phi) is 7.20. The first-order chi connectivity index (χ1) is 13.5. The molecule has 4 atom stereocenters. The number of rotatable bonds is 8. The zero-order chi connectivity index (χ0) is 23.1. The summed E-state index contributed by atoms with van der Waals surface area (Å²) in [6.07, 6.45) is -0.107. The van der Waals surface area contributed by atoms with Gasteiger partial charge in [-0.3, -0.25) is 28.0 Å². The lowest BCUT2D eigenvalue weighted by Gasteiger charge is -2.25. The summed E-state index contributed by atoms with van der Waals surface area (Å²) in [7, 11) is -13.2. The Morgan fingerprint density at radius 1 is 1.30 bits per heavy atom. The molecule has 2 heterocycles. The molecular formula is C11H16BF2N2O11P3. The Bertz CT molecular complexity index is 1070. The number of alkyl halides is 2. The third-order valence-electron chi connectivity index (χ3n) is 3.90. The molecule has 13 nitrogen and oxygen atoms in total. The Morgan fingerprint density at radius 2 is 1.90 bits per heavy atom. The van der Waals surface area contributed by atoms with Crippen molar-refractivity contribution < 1.29 is 50.7 Å². The number of hydrogen-bond acceptors (Lipinski definition) is 8. The van der Waals surface area contributed by atoms with Crippen LogP contribution in [0.25, 0.3) is 0 Å². The van der Waals surface area contributed by atoms with Crippen molar-refractivity contribution in [3.8, 4) is 0 Å². The fourth-order valence-corrected chi connectivity index (χ4v) is 6.23. The lowest BCUT2D eigenvalue weighted by molar-refractivity contribution is -0.0209. The number of nitrogens with zero attached hydrogens (tertiary/aromatic N) is 1. The first kappa shape index (κ1) is 25.3. The molecule has 1 aliphatic heterocycles. The van der Waals surface area contributed by atoms with Crippen LogP contribution in [0.15, 0.2) is 15.8 Å². The van der Waals surface area contributed by atoms with Gasteiger partial charge in [-0.2, -0.15) is 8.78 Å².